The Morgan fingerprint density at radius 3 is 2.14 bits per heavy atom. The summed E-state index contributed by atoms with van der Waals surface area (Å²) < 4.78 is 0. The largest absolute Gasteiger partial charge is 0.282 e. The summed E-state index contributed by atoms with van der Waals surface area (Å²) in [6.07, 6.45) is 0. The number of aryl methyl sites for hydroxylation is 3. The molecule has 0 radical (unpaired) electrons. The molecule has 2 aromatic carbocycles. The van der Waals surface area contributed by atoms with Crippen LogP contribution in [0.2, 0.25) is 0 Å². The van der Waals surface area contributed by atoms with Crippen molar-refractivity contribution in [3.05, 3.63) is 77.7 Å². The van der Waals surface area contributed by atoms with Gasteiger partial charge in [0, 0.05) is 33.1 Å². The van der Waals surface area contributed by atoms with Crippen LogP contribution in [-0.2, 0) is 0 Å². The highest BCUT2D eigenvalue weighted by Crippen LogP contribution is 2.34. The molecule has 4 rings (SSSR count). The van der Waals surface area contributed by atoms with Gasteiger partial charge in [-0.15, -0.1) is 0 Å². The summed E-state index contributed by atoms with van der Waals surface area (Å²) in [5, 5.41) is 13.4. The number of hydrogen-bond donors (Lipinski definition) is 2. The fourth-order valence-electron chi connectivity index (χ4n) is 3.54. The van der Waals surface area contributed by atoms with Crippen LogP contribution in [0.4, 0.5) is 0 Å². The molecule has 0 atom stereocenters. The second kappa shape index (κ2) is 7.62. The lowest BCUT2D eigenvalue weighted by Gasteiger charge is -2.08. The van der Waals surface area contributed by atoms with Gasteiger partial charge in [-0.1, -0.05) is 36.4 Å². The number of aromatic nitrogens is 3. The smallest absolute Gasteiger partial charge is 0.100 e. The van der Waals surface area contributed by atoms with Crippen molar-refractivity contribution in [2.24, 2.45) is 5.14 Å². The Hall–Kier alpha value is -2.89. The highest BCUT2D eigenvalue weighted by Gasteiger charge is 2.15. The summed E-state index contributed by atoms with van der Waals surface area (Å²) in [5.41, 5.74) is 9.68. The van der Waals surface area contributed by atoms with E-state index >= 15 is 0 Å². The monoisotopic (exact) mass is 386 g/mol. The van der Waals surface area contributed by atoms with E-state index in [0.29, 0.717) is 0 Å². The average Bonchev–Trinajstić information content (AvgIpc) is 3.09. The van der Waals surface area contributed by atoms with E-state index in [1.54, 1.807) is 0 Å². The summed E-state index contributed by atoms with van der Waals surface area (Å²) in [6, 6.07) is 21.0. The van der Waals surface area contributed by atoms with Gasteiger partial charge >= 0.3 is 0 Å². The molecular formula is C23H22N4S. The number of nitrogens with zero attached hydrogens (tertiary/aromatic N) is 2. The van der Waals surface area contributed by atoms with Crippen molar-refractivity contribution in [2.75, 3.05) is 0 Å². The highest BCUT2D eigenvalue weighted by atomic mass is 32.2. The summed E-state index contributed by atoms with van der Waals surface area (Å²) in [7, 11) is 0. The van der Waals surface area contributed by atoms with E-state index in [-0.39, 0.29) is 0 Å². The molecule has 0 aliphatic carbocycles. The molecule has 0 unspecified atom stereocenters. The highest BCUT2D eigenvalue weighted by molar-refractivity contribution is 7.97. The first kappa shape index (κ1) is 18.5. The maximum Gasteiger partial charge on any atom is 0.100 e. The lowest BCUT2D eigenvalue weighted by atomic mass is 9.96. The van der Waals surface area contributed by atoms with Gasteiger partial charge in [0.1, 0.15) is 5.69 Å². The van der Waals surface area contributed by atoms with E-state index in [0.717, 1.165) is 55.5 Å². The van der Waals surface area contributed by atoms with E-state index in [2.05, 4.69) is 70.6 Å². The Bertz CT molecular complexity index is 1110. The molecule has 0 amide bonds. The van der Waals surface area contributed by atoms with E-state index in [1.165, 1.54) is 11.9 Å². The molecule has 0 aliphatic rings. The van der Waals surface area contributed by atoms with Gasteiger partial charge in [0.25, 0.3) is 0 Å². The minimum Gasteiger partial charge on any atom is -0.282 e. The van der Waals surface area contributed by atoms with Crippen LogP contribution in [0, 0.1) is 20.8 Å². The Morgan fingerprint density at radius 1 is 0.786 bits per heavy atom. The van der Waals surface area contributed by atoms with Gasteiger partial charge in [0.2, 0.25) is 0 Å². The molecular weight excluding hydrogens is 364 g/mol. The Balaban J connectivity index is 1.75. The number of hydrogen-bond acceptors (Lipinski definition) is 4. The van der Waals surface area contributed by atoms with Crippen LogP contribution < -0.4 is 5.14 Å². The molecule has 4 nitrogen and oxygen atoms in total. The fraction of sp³-hybridized carbons (Fsp3) is 0.130. The minimum atomic E-state index is 0.959. The zero-order valence-electron chi connectivity index (χ0n) is 16.2. The summed E-state index contributed by atoms with van der Waals surface area (Å²) >= 11 is 1.27. The van der Waals surface area contributed by atoms with Gasteiger partial charge in [0.05, 0.1) is 0 Å². The molecule has 0 saturated heterocycles. The maximum atomic E-state index is 5.70. The Morgan fingerprint density at radius 2 is 1.46 bits per heavy atom. The van der Waals surface area contributed by atoms with Gasteiger partial charge in [-0.05, 0) is 73.7 Å². The summed E-state index contributed by atoms with van der Waals surface area (Å²) in [4.78, 5) is 5.53. The van der Waals surface area contributed by atoms with Gasteiger partial charge in [-0.25, -0.2) is 0 Å². The molecule has 0 aliphatic heterocycles. The molecule has 0 saturated carbocycles. The standard InChI is InChI=1S/C23H22N4S/c1-14-11-20(12-15(2)25-14)23-22(16(3)26-27-23)18-9-7-17(8-10-18)19-5-4-6-21(13-19)28-24/h4-13H,24H2,1-3H3,(H,26,27). The zero-order valence-corrected chi connectivity index (χ0v) is 17.0. The summed E-state index contributed by atoms with van der Waals surface area (Å²) in [6.45, 7) is 6.08. The molecule has 2 heterocycles. The number of nitrogens with one attached hydrogen (secondary N) is 1. The predicted molar refractivity (Wildman–Crippen MR) is 117 cm³/mol. The number of benzene rings is 2. The van der Waals surface area contributed by atoms with Crippen molar-refractivity contribution in [2.45, 2.75) is 25.7 Å². The topological polar surface area (TPSA) is 67.6 Å². The number of pyridine rings is 1. The van der Waals surface area contributed by atoms with Crippen molar-refractivity contribution >= 4 is 11.9 Å². The van der Waals surface area contributed by atoms with Crippen LogP contribution in [0.15, 0.2) is 65.6 Å². The third kappa shape index (κ3) is 3.59. The first-order valence-electron chi connectivity index (χ1n) is 9.13. The maximum absolute atomic E-state index is 5.70. The van der Waals surface area contributed by atoms with E-state index in [9.17, 15) is 0 Å². The molecule has 3 N–H and O–H groups in total. The minimum absolute atomic E-state index is 0.959. The molecule has 140 valence electrons. The van der Waals surface area contributed by atoms with Crippen molar-refractivity contribution in [1.82, 2.24) is 15.2 Å². The fourth-order valence-corrected chi connectivity index (χ4v) is 3.89. The van der Waals surface area contributed by atoms with Crippen molar-refractivity contribution < 1.29 is 0 Å². The molecule has 0 fully saturated rings. The third-order valence-corrected chi connectivity index (χ3v) is 5.31. The molecule has 28 heavy (non-hydrogen) atoms. The van der Waals surface area contributed by atoms with E-state index in [4.69, 9.17) is 5.14 Å². The van der Waals surface area contributed by atoms with Crippen LogP contribution in [0.1, 0.15) is 17.1 Å². The number of aromatic amines is 1. The van der Waals surface area contributed by atoms with Crippen molar-refractivity contribution in [3.8, 4) is 33.5 Å². The molecule has 4 aromatic rings. The lowest BCUT2D eigenvalue weighted by Crippen LogP contribution is -1.90. The van der Waals surface area contributed by atoms with Crippen LogP contribution in [0.25, 0.3) is 33.5 Å². The average molecular weight is 387 g/mol. The molecule has 5 heteroatoms. The normalized spacial score (nSPS) is 11.0. The van der Waals surface area contributed by atoms with Crippen LogP contribution >= 0.6 is 11.9 Å². The number of rotatable bonds is 4. The lowest BCUT2D eigenvalue weighted by molar-refractivity contribution is 1.05. The van der Waals surface area contributed by atoms with Gasteiger partial charge in [-0.2, -0.15) is 5.10 Å². The quantitative estimate of drug-likeness (QED) is 0.442. The van der Waals surface area contributed by atoms with Crippen LogP contribution in [-0.4, -0.2) is 15.2 Å². The van der Waals surface area contributed by atoms with Crippen molar-refractivity contribution in [3.63, 3.8) is 0 Å². The zero-order chi connectivity index (χ0) is 19.7. The Labute approximate surface area is 169 Å². The van der Waals surface area contributed by atoms with Crippen LogP contribution in [0.5, 0.6) is 0 Å². The second-order valence-electron chi connectivity index (χ2n) is 6.93. The SMILES string of the molecule is Cc1cc(-c2n[nH]c(C)c2-c2ccc(-c3cccc(SN)c3)cc2)cc(C)n1. The summed E-state index contributed by atoms with van der Waals surface area (Å²) in [5.74, 6) is 0. The molecule has 0 bridgehead atoms. The number of H-pyrrole nitrogens is 1. The van der Waals surface area contributed by atoms with E-state index < -0.39 is 0 Å². The first-order valence-corrected chi connectivity index (χ1v) is 10.0. The second-order valence-corrected chi connectivity index (χ2v) is 7.64. The van der Waals surface area contributed by atoms with Crippen molar-refractivity contribution in [1.29, 1.82) is 0 Å². The van der Waals surface area contributed by atoms with Gasteiger partial charge in [0.15, 0.2) is 0 Å². The first-order chi connectivity index (χ1) is 13.5. The molecule has 0 spiro atoms. The van der Waals surface area contributed by atoms with E-state index in [1.807, 2.05) is 26.0 Å². The third-order valence-electron chi connectivity index (χ3n) is 4.78. The van der Waals surface area contributed by atoms with Gasteiger partial charge in [-0.3, -0.25) is 15.2 Å². The predicted octanol–water partition coefficient (Wildman–Crippen LogP) is 5.70. The number of nitrogens with two attached hydrogens (primary N) is 1. The van der Waals surface area contributed by atoms with Crippen LogP contribution in [0.3, 0.4) is 0 Å². The Kier molecular flexibility index (Phi) is 5.03. The molecule has 2 aromatic heterocycles. The van der Waals surface area contributed by atoms with Gasteiger partial charge < -0.3 is 0 Å².